The molecule has 1 nitrogen and oxygen atoms in total. The molecule has 0 atom stereocenters. The number of unbranched alkanes of at least 4 members (excludes halogenated alkanes) is 2. The molecule has 0 aliphatic carbocycles. The standard InChI is InChI=1S/C9H19N/c1-4-6-8-10(3)9-7-5-2/h4-5H,6-9H2,1-3H3. The maximum Gasteiger partial charge on any atom is -0.00191 e. The first-order valence-corrected chi connectivity index (χ1v) is 4.05. The summed E-state index contributed by atoms with van der Waals surface area (Å²) in [7, 11) is 2.17. The molecule has 0 aliphatic heterocycles. The van der Waals surface area contributed by atoms with E-state index in [1.807, 2.05) is 0 Å². The molecule has 2 radical (unpaired) electrons. The molecular formula is C9H19N. The third-order valence-electron chi connectivity index (χ3n) is 1.60. The minimum atomic E-state index is 1.20. The van der Waals surface area contributed by atoms with E-state index in [4.69, 9.17) is 0 Å². The molecule has 0 aromatic rings. The van der Waals surface area contributed by atoms with E-state index in [-0.39, 0.29) is 0 Å². The summed E-state index contributed by atoms with van der Waals surface area (Å²) in [6.07, 6.45) is 6.85. The second-order valence-corrected chi connectivity index (χ2v) is 2.70. The Hall–Kier alpha value is -0.0400. The molecule has 0 spiro atoms. The lowest BCUT2D eigenvalue weighted by Crippen LogP contribution is -2.20. The van der Waals surface area contributed by atoms with Gasteiger partial charge in [0.2, 0.25) is 0 Å². The molecule has 0 aliphatic rings. The Bertz CT molecular complexity index is 53.7. The highest BCUT2D eigenvalue weighted by molar-refractivity contribution is 4.63. The highest BCUT2D eigenvalue weighted by Gasteiger charge is 1.94. The topological polar surface area (TPSA) is 3.24 Å². The predicted octanol–water partition coefficient (Wildman–Crippen LogP) is 2.15. The first-order chi connectivity index (χ1) is 4.81. The van der Waals surface area contributed by atoms with Crippen molar-refractivity contribution in [1.29, 1.82) is 0 Å². The minimum absolute atomic E-state index is 1.20. The quantitative estimate of drug-likeness (QED) is 0.548. The zero-order chi connectivity index (χ0) is 7.82. The molecule has 0 fully saturated rings. The lowest BCUT2D eigenvalue weighted by molar-refractivity contribution is 0.341. The first kappa shape index (κ1) is 9.96. The number of rotatable bonds is 6. The average Bonchev–Trinajstić information content (AvgIpc) is 1.97. The smallest absolute Gasteiger partial charge is 0.00191 e. The minimum Gasteiger partial charge on any atom is -0.306 e. The zero-order valence-electron chi connectivity index (χ0n) is 7.43. The van der Waals surface area contributed by atoms with Crippen LogP contribution in [0.4, 0.5) is 0 Å². The van der Waals surface area contributed by atoms with Gasteiger partial charge in [0.15, 0.2) is 0 Å². The first-order valence-electron chi connectivity index (χ1n) is 4.05. The van der Waals surface area contributed by atoms with Crippen LogP contribution in [-0.4, -0.2) is 25.0 Å². The van der Waals surface area contributed by atoms with E-state index < -0.39 is 0 Å². The lowest BCUT2D eigenvalue weighted by Gasteiger charge is -2.14. The van der Waals surface area contributed by atoms with Crippen molar-refractivity contribution in [2.45, 2.75) is 26.7 Å². The van der Waals surface area contributed by atoms with Crippen molar-refractivity contribution in [2.75, 3.05) is 20.1 Å². The van der Waals surface area contributed by atoms with Crippen molar-refractivity contribution in [3.05, 3.63) is 12.8 Å². The van der Waals surface area contributed by atoms with E-state index in [1.54, 1.807) is 0 Å². The molecule has 0 saturated carbocycles. The summed E-state index contributed by atoms with van der Waals surface area (Å²) in [6, 6.07) is 0. The van der Waals surface area contributed by atoms with Crippen molar-refractivity contribution >= 4 is 0 Å². The van der Waals surface area contributed by atoms with Crippen LogP contribution >= 0.6 is 0 Å². The molecule has 0 heterocycles. The lowest BCUT2D eigenvalue weighted by atomic mass is 10.3. The Morgan fingerprint density at radius 3 is 1.70 bits per heavy atom. The van der Waals surface area contributed by atoms with Crippen LogP contribution in [-0.2, 0) is 0 Å². The van der Waals surface area contributed by atoms with Crippen molar-refractivity contribution in [1.82, 2.24) is 4.90 Å². The molecule has 60 valence electrons. The molecule has 0 N–H and O–H groups in total. The molecule has 0 saturated heterocycles. The van der Waals surface area contributed by atoms with Crippen molar-refractivity contribution in [2.24, 2.45) is 0 Å². The van der Waals surface area contributed by atoms with Crippen LogP contribution in [0.5, 0.6) is 0 Å². The Balaban J connectivity index is 3.00. The molecular weight excluding hydrogens is 122 g/mol. The number of hydrogen-bond donors (Lipinski definition) is 0. The molecule has 0 unspecified atom stereocenters. The molecule has 0 aromatic carbocycles. The fourth-order valence-corrected chi connectivity index (χ4v) is 0.811. The van der Waals surface area contributed by atoms with Gasteiger partial charge in [-0.1, -0.05) is 13.8 Å². The van der Waals surface area contributed by atoms with Crippen LogP contribution < -0.4 is 0 Å². The van der Waals surface area contributed by atoms with Crippen molar-refractivity contribution in [3.63, 3.8) is 0 Å². The van der Waals surface area contributed by atoms with Gasteiger partial charge in [0, 0.05) is 0 Å². The van der Waals surface area contributed by atoms with Gasteiger partial charge in [-0.05, 0) is 45.8 Å². The Kier molecular flexibility index (Phi) is 7.04. The summed E-state index contributed by atoms with van der Waals surface area (Å²) in [5, 5.41) is 0. The predicted molar refractivity (Wildman–Crippen MR) is 46.7 cm³/mol. The largest absolute Gasteiger partial charge is 0.306 e. The van der Waals surface area contributed by atoms with E-state index in [2.05, 4.69) is 38.6 Å². The third-order valence-corrected chi connectivity index (χ3v) is 1.60. The van der Waals surface area contributed by atoms with Crippen LogP contribution in [0.15, 0.2) is 0 Å². The van der Waals surface area contributed by atoms with Gasteiger partial charge in [0.1, 0.15) is 0 Å². The Labute approximate surface area is 65.4 Å². The summed E-state index contributed by atoms with van der Waals surface area (Å²) < 4.78 is 0. The van der Waals surface area contributed by atoms with E-state index in [1.165, 1.54) is 25.9 Å². The van der Waals surface area contributed by atoms with Gasteiger partial charge in [-0.3, -0.25) is 0 Å². The van der Waals surface area contributed by atoms with Gasteiger partial charge in [0.25, 0.3) is 0 Å². The maximum absolute atomic E-state index is 2.36. The Morgan fingerprint density at radius 2 is 1.40 bits per heavy atom. The van der Waals surface area contributed by atoms with E-state index in [0.717, 1.165) is 0 Å². The monoisotopic (exact) mass is 141 g/mol. The molecule has 0 rings (SSSR count). The van der Waals surface area contributed by atoms with Gasteiger partial charge in [-0.2, -0.15) is 0 Å². The summed E-state index contributed by atoms with van der Waals surface area (Å²) in [5.41, 5.74) is 0. The van der Waals surface area contributed by atoms with Crippen LogP contribution in [0.25, 0.3) is 0 Å². The number of nitrogens with zero attached hydrogens (tertiary/aromatic N) is 1. The third kappa shape index (κ3) is 6.09. The number of hydrogen-bond acceptors (Lipinski definition) is 1. The summed E-state index contributed by atoms with van der Waals surface area (Å²) in [5.74, 6) is 0. The van der Waals surface area contributed by atoms with Crippen molar-refractivity contribution < 1.29 is 0 Å². The van der Waals surface area contributed by atoms with E-state index >= 15 is 0 Å². The average molecular weight is 141 g/mol. The summed E-state index contributed by atoms with van der Waals surface area (Å²) in [4.78, 5) is 2.36. The summed E-state index contributed by atoms with van der Waals surface area (Å²) in [6.45, 7) is 6.62. The van der Waals surface area contributed by atoms with Crippen LogP contribution in [0, 0.1) is 12.8 Å². The van der Waals surface area contributed by atoms with Crippen LogP contribution in [0.2, 0.25) is 0 Å². The Morgan fingerprint density at radius 1 is 1.00 bits per heavy atom. The van der Waals surface area contributed by atoms with Gasteiger partial charge < -0.3 is 4.90 Å². The second-order valence-electron chi connectivity index (χ2n) is 2.70. The zero-order valence-corrected chi connectivity index (χ0v) is 7.43. The molecule has 0 amide bonds. The molecule has 0 aromatic heterocycles. The normalized spacial score (nSPS) is 10.8. The van der Waals surface area contributed by atoms with E-state index in [9.17, 15) is 0 Å². The van der Waals surface area contributed by atoms with Gasteiger partial charge in [-0.25, -0.2) is 0 Å². The second kappa shape index (κ2) is 7.07. The van der Waals surface area contributed by atoms with E-state index in [0.29, 0.717) is 0 Å². The van der Waals surface area contributed by atoms with Gasteiger partial charge in [0.05, 0.1) is 0 Å². The highest BCUT2D eigenvalue weighted by atomic mass is 15.1. The fraction of sp³-hybridized carbons (Fsp3) is 0.778. The molecule has 10 heavy (non-hydrogen) atoms. The van der Waals surface area contributed by atoms with Crippen molar-refractivity contribution in [3.8, 4) is 0 Å². The van der Waals surface area contributed by atoms with Crippen LogP contribution in [0.3, 0.4) is 0 Å². The SMILES string of the molecule is C[CH]CCN(C)CC[CH]C. The highest BCUT2D eigenvalue weighted by Crippen LogP contribution is 1.93. The molecule has 0 bridgehead atoms. The fourth-order valence-electron chi connectivity index (χ4n) is 0.811. The summed E-state index contributed by atoms with van der Waals surface area (Å²) >= 11 is 0. The van der Waals surface area contributed by atoms with Crippen LogP contribution in [0.1, 0.15) is 26.7 Å². The van der Waals surface area contributed by atoms with Gasteiger partial charge in [-0.15, -0.1) is 0 Å². The maximum atomic E-state index is 2.36. The van der Waals surface area contributed by atoms with Gasteiger partial charge >= 0.3 is 0 Å². The molecule has 1 heteroatoms.